The average Bonchev–Trinajstić information content (AvgIpc) is 2.61. The SMILES string of the molecule is Cc1ccccc1NCc1cc(Br)ccc1OCc1ccc(Cl)cc1. The van der Waals surface area contributed by atoms with Crippen LogP contribution in [0.25, 0.3) is 0 Å². The molecule has 0 radical (unpaired) electrons. The fourth-order valence-corrected chi connectivity index (χ4v) is 3.06. The van der Waals surface area contributed by atoms with Crippen molar-refractivity contribution < 1.29 is 4.74 Å². The van der Waals surface area contributed by atoms with Crippen molar-refractivity contribution in [2.24, 2.45) is 0 Å². The fraction of sp³-hybridized carbons (Fsp3) is 0.143. The first-order valence-electron chi connectivity index (χ1n) is 8.07. The van der Waals surface area contributed by atoms with E-state index in [1.165, 1.54) is 5.56 Å². The molecule has 1 N–H and O–H groups in total. The Balaban J connectivity index is 1.71. The Morgan fingerprint density at radius 2 is 1.76 bits per heavy atom. The van der Waals surface area contributed by atoms with Crippen molar-refractivity contribution in [3.05, 3.63) is 92.9 Å². The van der Waals surface area contributed by atoms with Gasteiger partial charge in [-0.1, -0.05) is 57.9 Å². The molecule has 0 aliphatic heterocycles. The van der Waals surface area contributed by atoms with E-state index in [9.17, 15) is 0 Å². The number of hydrogen-bond donors (Lipinski definition) is 1. The second-order valence-electron chi connectivity index (χ2n) is 5.84. The molecule has 0 aliphatic carbocycles. The highest BCUT2D eigenvalue weighted by atomic mass is 79.9. The number of nitrogens with one attached hydrogen (secondary N) is 1. The maximum absolute atomic E-state index is 6.03. The zero-order valence-electron chi connectivity index (χ0n) is 13.9. The van der Waals surface area contributed by atoms with Gasteiger partial charge in [0, 0.05) is 27.3 Å². The lowest BCUT2D eigenvalue weighted by atomic mass is 10.1. The van der Waals surface area contributed by atoms with Gasteiger partial charge in [0.25, 0.3) is 0 Å². The zero-order valence-corrected chi connectivity index (χ0v) is 16.3. The first-order valence-corrected chi connectivity index (χ1v) is 9.24. The van der Waals surface area contributed by atoms with Crippen LogP contribution in [0.15, 0.2) is 71.2 Å². The van der Waals surface area contributed by atoms with Crippen LogP contribution < -0.4 is 10.1 Å². The fourth-order valence-electron chi connectivity index (χ4n) is 2.53. The molecule has 0 bridgehead atoms. The van der Waals surface area contributed by atoms with Crippen LogP contribution >= 0.6 is 27.5 Å². The Morgan fingerprint density at radius 1 is 1.00 bits per heavy atom. The molecule has 3 aromatic carbocycles. The van der Waals surface area contributed by atoms with E-state index in [0.29, 0.717) is 13.2 Å². The first kappa shape index (κ1) is 17.8. The van der Waals surface area contributed by atoms with Crippen molar-refractivity contribution in [2.75, 3.05) is 5.32 Å². The lowest BCUT2D eigenvalue weighted by Crippen LogP contribution is -2.04. The maximum Gasteiger partial charge on any atom is 0.124 e. The third-order valence-corrected chi connectivity index (χ3v) is 4.69. The predicted molar refractivity (Wildman–Crippen MR) is 108 cm³/mol. The lowest BCUT2D eigenvalue weighted by molar-refractivity contribution is 0.303. The molecule has 0 spiro atoms. The van der Waals surface area contributed by atoms with Gasteiger partial charge in [-0.15, -0.1) is 0 Å². The third kappa shape index (κ3) is 5.00. The van der Waals surface area contributed by atoms with Gasteiger partial charge in [-0.05, 0) is 54.4 Å². The number of hydrogen-bond acceptors (Lipinski definition) is 2. The molecule has 3 rings (SSSR count). The number of rotatable bonds is 6. The predicted octanol–water partition coefficient (Wildman–Crippen LogP) is 6.60. The Labute approximate surface area is 161 Å². The summed E-state index contributed by atoms with van der Waals surface area (Å²) in [5.74, 6) is 0.874. The van der Waals surface area contributed by atoms with Crippen LogP contribution in [0.1, 0.15) is 16.7 Å². The second-order valence-corrected chi connectivity index (χ2v) is 7.19. The molecule has 0 aromatic heterocycles. The van der Waals surface area contributed by atoms with Crippen LogP contribution in [-0.4, -0.2) is 0 Å². The largest absolute Gasteiger partial charge is 0.489 e. The summed E-state index contributed by atoms with van der Waals surface area (Å²) >= 11 is 9.47. The van der Waals surface area contributed by atoms with E-state index in [1.54, 1.807) is 0 Å². The van der Waals surface area contributed by atoms with Gasteiger partial charge in [-0.2, -0.15) is 0 Å². The van der Waals surface area contributed by atoms with Gasteiger partial charge in [-0.25, -0.2) is 0 Å². The normalized spacial score (nSPS) is 10.5. The van der Waals surface area contributed by atoms with Crippen molar-refractivity contribution >= 4 is 33.2 Å². The molecular weight excluding hydrogens is 398 g/mol. The monoisotopic (exact) mass is 415 g/mol. The molecule has 25 heavy (non-hydrogen) atoms. The minimum atomic E-state index is 0.510. The van der Waals surface area contributed by atoms with Crippen molar-refractivity contribution in [2.45, 2.75) is 20.1 Å². The quantitative estimate of drug-likeness (QED) is 0.488. The molecule has 0 fully saturated rings. The van der Waals surface area contributed by atoms with Gasteiger partial charge < -0.3 is 10.1 Å². The molecular formula is C21H19BrClNO. The molecule has 128 valence electrons. The number of benzene rings is 3. The summed E-state index contributed by atoms with van der Waals surface area (Å²) in [6.45, 7) is 3.30. The number of anilines is 1. The highest BCUT2D eigenvalue weighted by Crippen LogP contribution is 2.26. The van der Waals surface area contributed by atoms with Gasteiger partial charge in [0.1, 0.15) is 12.4 Å². The Kier molecular flexibility index (Phi) is 6.00. The number of ether oxygens (including phenoxy) is 1. The average molecular weight is 417 g/mol. The molecule has 0 aliphatic rings. The summed E-state index contributed by atoms with van der Waals surface area (Å²) in [7, 11) is 0. The summed E-state index contributed by atoms with van der Waals surface area (Å²) in [5, 5.41) is 4.22. The van der Waals surface area contributed by atoms with Crippen LogP contribution in [0, 0.1) is 6.92 Å². The number of para-hydroxylation sites is 1. The van der Waals surface area contributed by atoms with Gasteiger partial charge in [0.15, 0.2) is 0 Å². The van der Waals surface area contributed by atoms with Crippen LogP contribution in [0.3, 0.4) is 0 Å². The zero-order chi connectivity index (χ0) is 17.6. The van der Waals surface area contributed by atoms with Crippen LogP contribution in [0.2, 0.25) is 5.02 Å². The van der Waals surface area contributed by atoms with Gasteiger partial charge in [0.2, 0.25) is 0 Å². The molecule has 0 saturated carbocycles. The number of aryl methyl sites for hydroxylation is 1. The van der Waals surface area contributed by atoms with E-state index in [2.05, 4.69) is 46.4 Å². The van der Waals surface area contributed by atoms with Gasteiger partial charge in [-0.3, -0.25) is 0 Å². The minimum Gasteiger partial charge on any atom is -0.489 e. The highest BCUT2D eigenvalue weighted by Gasteiger charge is 2.06. The molecule has 0 unspecified atom stereocenters. The Bertz CT molecular complexity index is 849. The molecule has 0 amide bonds. The van der Waals surface area contributed by atoms with Crippen molar-refractivity contribution in [3.63, 3.8) is 0 Å². The number of halogens is 2. The van der Waals surface area contributed by atoms with E-state index in [0.717, 1.165) is 32.1 Å². The minimum absolute atomic E-state index is 0.510. The van der Waals surface area contributed by atoms with Gasteiger partial charge >= 0.3 is 0 Å². The van der Waals surface area contributed by atoms with E-state index >= 15 is 0 Å². The smallest absolute Gasteiger partial charge is 0.124 e. The molecule has 0 atom stereocenters. The van der Waals surface area contributed by atoms with Crippen molar-refractivity contribution in [1.82, 2.24) is 0 Å². The molecule has 2 nitrogen and oxygen atoms in total. The van der Waals surface area contributed by atoms with Gasteiger partial charge in [0.05, 0.1) is 0 Å². The summed E-state index contributed by atoms with van der Waals surface area (Å²) < 4.78 is 7.07. The standard InChI is InChI=1S/C21H19BrClNO/c1-15-4-2-3-5-20(15)24-13-17-12-18(22)8-11-21(17)25-14-16-6-9-19(23)10-7-16/h2-12,24H,13-14H2,1H3. The topological polar surface area (TPSA) is 21.3 Å². The Morgan fingerprint density at radius 3 is 2.52 bits per heavy atom. The molecule has 4 heteroatoms. The first-order chi connectivity index (χ1) is 12.1. The summed E-state index contributed by atoms with van der Waals surface area (Å²) in [4.78, 5) is 0. The lowest BCUT2D eigenvalue weighted by Gasteiger charge is -2.14. The van der Waals surface area contributed by atoms with Crippen molar-refractivity contribution in [3.8, 4) is 5.75 Å². The van der Waals surface area contributed by atoms with Crippen molar-refractivity contribution in [1.29, 1.82) is 0 Å². The third-order valence-electron chi connectivity index (χ3n) is 3.94. The van der Waals surface area contributed by atoms with E-state index in [4.69, 9.17) is 16.3 Å². The highest BCUT2D eigenvalue weighted by molar-refractivity contribution is 9.10. The van der Waals surface area contributed by atoms with Crippen LogP contribution in [-0.2, 0) is 13.2 Å². The second kappa shape index (κ2) is 8.41. The van der Waals surface area contributed by atoms with Crippen LogP contribution in [0.4, 0.5) is 5.69 Å². The molecule has 0 heterocycles. The molecule has 3 aromatic rings. The van der Waals surface area contributed by atoms with E-state index in [1.807, 2.05) is 48.5 Å². The Hall–Kier alpha value is -1.97. The summed E-state index contributed by atoms with van der Waals surface area (Å²) in [5.41, 5.74) is 4.55. The summed E-state index contributed by atoms with van der Waals surface area (Å²) in [6, 6.07) is 22.0. The maximum atomic E-state index is 6.03. The van der Waals surface area contributed by atoms with Crippen LogP contribution in [0.5, 0.6) is 5.75 Å². The summed E-state index contributed by atoms with van der Waals surface area (Å²) in [6.07, 6.45) is 0. The van der Waals surface area contributed by atoms with E-state index in [-0.39, 0.29) is 0 Å². The van der Waals surface area contributed by atoms with E-state index < -0.39 is 0 Å². The molecule has 0 saturated heterocycles.